The van der Waals surface area contributed by atoms with Crippen LogP contribution in [-0.4, -0.2) is 107 Å². The Bertz CT molecular complexity index is 2080. The number of amides is 3. The molecule has 4 unspecified atom stereocenters. The Morgan fingerprint density at radius 1 is 0.793 bits per heavy atom. The average molecular weight is 791 g/mol. The normalized spacial score (nSPS) is 19.5. The molecule has 0 aliphatic carbocycles. The highest BCUT2D eigenvalue weighted by Crippen LogP contribution is 2.35. The average Bonchev–Trinajstić information content (AvgIpc) is 4.10. The highest BCUT2D eigenvalue weighted by atomic mass is 16.5. The van der Waals surface area contributed by atoms with Crippen LogP contribution in [0.3, 0.4) is 0 Å². The number of H-pyrrole nitrogens is 2. The number of carbonyl (C=O) groups is 3. The Hall–Kier alpha value is -5.49. The van der Waals surface area contributed by atoms with Crippen molar-refractivity contribution in [1.29, 1.82) is 0 Å². The van der Waals surface area contributed by atoms with Gasteiger partial charge in [-0.25, -0.2) is 14.8 Å². The minimum absolute atomic E-state index is 0.101. The number of benzene rings is 2. The Balaban J connectivity index is 0.967. The minimum Gasteiger partial charge on any atom is -0.453 e. The molecule has 4 N–H and O–H groups in total. The summed E-state index contributed by atoms with van der Waals surface area (Å²) in [5, 5.41) is 6.04. The van der Waals surface area contributed by atoms with E-state index in [4.69, 9.17) is 19.2 Å². The predicted molar refractivity (Wildman–Crippen MR) is 218 cm³/mol. The molecule has 2 aromatic heterocycles. The van der Waals surface area contributed by atoms with Gasteiger partial charge in [0, 0.05) is 44.5 Å². The van der Waals surface area contributed by atoms with Gasteiger partial charge >= 0.3 is 6.09 Å². The number of aromatic amines is 2. The summed E-state index contributed by atoms with van der Waals surface area (Å²) in [4.78, 5) is 59.5. The molecule has 58 heavy (non-hydrogen) atoms. The van der Waals surface area contributed by atoms with Gasteiger partial charge in [0.25, 0.3) is 0 Å². The first-order chi connectivity index (χ1) is 28.2. The fourth-order valence-electron chi connectivity index (χ4n) is 8.28. The summed E-state index contributed by atoms with van der Waals surface area (Å²) < 4.78 is 15.6. The minimum atomic E-state index is -0.683. The Labute approximate surface area is 339 Å². The van der Waals surface area contributed by atoms with Gasteiger partial charge in [0.1, 0.15) is 17.7 Å². The lowest BCUT2D eigenvalue weighted by Crippen LogP contribution is -2.52. The molecule has 3 fully saturated rings. The third-order valence-corrected chi connectivity index (χ3v) is 11.5. The molecular weight excluding hydrogens is 737 g/mol. The van der Waals surface area contributed by atoms with Crippen LogP contribution in [0.2, 0.25) is 0 Å². The first-order valence-electron chi connectivity index (χ1n) is 20.3. The lowest BCUT2D eigenvalue weighted by molar-refractivity contribution is -0.137. The van der Waals surface area contributed by atoms with E-state index in [1.54, 1.807) is 13.3 Å². The van der Waals surface area contributed by atoms with E-state index in [0.717, 1.165) is 83.8 Å². The molecule has 14 heteroatoms. The van der Waals surface area contributed by atoms with E-state index in [1.165, 1.54) is 7.11 Å². The summed E-state index contributed by atoms with van der Waals surface area (Å²) >= 11 is 0. The molecule has 3 amide bonds. The first-order valence-corrected chi connectivity index (χ1v) is 20.3. The second kappa shape index (κ2) is 18.8. The predicted octanol–water partition coefficient (Wildman–Crippen LogP) is 5.56. The Kier molecular flexibility index (Phi) is 13.2. The van der Waals surface area contributed by atoms with Gasteiger partial charge < -0.3 is 39.3 Å². The molecule has 0 spiro atoms. The maximum absolute atomic E-state index is 13.9. The summed E-state index contributed by atoms with van der Waals surface area (Å²) in [5.74, 6) is 8.14. The van der Waals surface area contributed by atoms with E-state index < -0.39 is 12.1 Å². The highest BCUT2D eigenvalue weighted by Gasteiger charge is 2.40. The smallest absolute Gasteiger partial charge is 0.407 e. The van der Waals surface area contributed by atoms with Crippen molar-refractivity contribution in [2.75, 3.05) is 47.3 Å². The molecule has 4 aromatic rings. The zero-order chi connectivity index (χ0) is 40.6. The molecule has 3 aliphatic heterocycles. The molecule has 14 nitrogen and oxygen atoms in total. The van der Waals surface area contributed by atoms with Crippen molar-refractivity contribution in [3.63, 3.8) is 0 Å². The lowest BCUT2D eigenvalue weighted by Gasteiger charge is -2.34. The van der Waals surface area contributed by atoms with Crippen molar-refractivity contribution in [2.24, 2.45) is 11.8 Å². The monoisotopic (exact) mass is 790 g/mol. The number of likely N-dealkylation sites (tertiary alicyclic amines) is 2. The van der Waals surface area contributed by atoms with Crippen LogP contribution in [0.25, 0.3) is 22.5 Å². The van der Waals surface area contributed by atoms with E-state index in [2.05, 4.69) is 37.4 Å². The van der Waals surface area contributed by atoms with Crippen molar-refractivity contribution < 1.29 is 28.6 Å². The van der Waals surface area contributed by atoms with Gasteiger partial charge in [0.2, 0.25) is 11.8 Å². The van der Waals surface area contributed by atoms with Gasteiger partial charge in [-0.2, -0.15) is 0 Å². The van der Waals surface area contributed by atoms with Crippen molar-refractivity contribution in [2.45, 2.75) is 76.5 Å². The molecule has 0 bridgehead atoms. The topological polar surface area (TPSA) is 167 Å². The SMILES string of the molecule is COCNC(C(=O)N1CCCC1c1ncc(-c2ccc(C#Cc3ccc(-c4cnc(C5CCCN5C(=O)C(NC(=O)OC)C(C)C)[nH]4)cc3)cc2)[nH]1)C1CCOCC1. The summed E-state index contributed by atoms with van der Waals surface area (Å²) in [6.45, 7) is 6.78. The molecule has 0 radical (unpaired) electrons. The van der Waals surface area contributed by atoms with Crippen LogP contribution in [0.15, 0.2) is 60.9 Å². The zero-order valence-electron chi connectivity index (χ0n) is 33.8. The number of methoxy groups -OCH3 is 2. The Morgan fingerprint density at radius 2 is 1.31 bits per heavy atom. The third-order valence-electron chi connectivity index (χ3n) is 11.5. The molecule has 2 aromatic carbocycles. The fourth-order valence-corrected chi connectivity index (χ4v) is 8.28. The fraction of sp³-hybridized carbons (Fsp3) is 0.477. The molecular formula is C44H54N8O6. The van der Waals surface area contributed by atoms with Gasteiger partial charge in [-0.05, 0) is 85.8 Å². The van der Waals surface area contributed by atoms with Crippen LogP contribution in [0, 0.1) is 23.7 Å². The van der Waals surface area contributed by atoms with Crippen LogP contribution >= 0.6 is 0 Å². The molecule has 3 aliphatic rings. The number of hydrogen-bond donors (Lipinski definition) is 4. The summed E-state index contributed by atoms with van der Waals surface area (Å²) in [7, 11) is 2.93. The number of ether oxygens (including phenoxy) is 3. The summed E-state index contributed by atoms with van der Waals surface area (Å²) in [6.07, 6.45) is 8.15. The number of rotatable bonds is 12. The van der Waals surface area contributed by atoms with Gasteiger partial charge in [-0.15, -0.1) is 0 Å². The number of carbonyl (C=O) groups excluding carboxylic acids is 3. The maximum atomic E-state index is 13.9. The first kappa shape index (κ1) is 40.7. The van der Waals surface area contributed by atoms with Crippen LogP contribution in [-0.2, 0) is 23.8 Å². The van der Waals surface area contributed by atoms with Crippen molar-refractivity contribution >= 4 is 17.9 Å². The van der Waals surface area contributed by atoms with E-state index in [0.29, 0.717) is 33.0 Å². The summed E-state index contributed by atoms with van der Waals surface area (Å²) in [6, 6.07) is 14.7. The standard InChI is InChI=1S/C44H54N8O6/c1-28(2)38(50-44(55)57-4)42(53)51-21-5-7-36(51)40-45-25-34(48-40)31-15-11-29(12-16-31)9-10-30-13-17-32(18-14-30)35-26-46-41(49-35)37-8-6-22-52(37)43(54)39(47-27-56-3)33-19-23-58-24-20-33/h11-18,25-26,28,33,36-39,47H,5-8,19-24,27H2,1-4H3,(H,45,48)(H,46,49)(H,50,55). The number of nitrogens with zero attached hydrogens (tertiary/aromatic N) is 4. The summed E-state index contributed by atoms with van der Waals surface area (Å²) in [5.41, 5.74) is 5.47. The van der Waals surface area contributed by atoms with Gasteiger partial charge in [0.05, 0.1) is 55.7 Å². The van der Waals surface area contributed by atoms with Gasteiger partial charge in [-0.1, -0.05) is 50.0 Å². The quantitative estimate of drug-likeness (QED) is 0.106. The van der Waals surface area contributed by atoms with Gasteiger partial charge in [-0.3, -0.25) is 14.9 Å². The van der Waals surface area contributed by atoms with Crippen LogP contribution in [0.5, 0.6) is 0 Å². The lowest BCUT2D eigenvalue weighted by atomic mass is 9.90. The molecule has 7 rings (SSSR count). The second-order valence-electron chi connectivity index (χ2n) is 15.6. The second-order valence-corrected chi connectivity index (χ2v) is 15.6. The zero-order valence-corrected chi connectivity index (χ0v) is 33.8. The molecule has 0 saturated carbocycles. The third kappa shape index (κ3) is 9.28. The number of nitrogens with one attached hydrogen (secondary N) is 4. The Morgan fingerprint density at radius 3 is 1.79 bits per heavy atom. The van der Waals surface area contributed by atoms with E-state index >= 15 is 0 Å². The molecule has 5 heterocycles. The van der Waals surface area contributed by atoms with Gasteiger partial charge in [0.15, 0.2) is 0 Å². The van der Waals surface area contributed by atoms with E-state index in [9.17, 15) is 14.4 Å². The maximum Gasteiger partial charge on any atom is 0.407 e. The number of alkyl carbamates (subject to hydrolysis) is 1. The van der Waals surface area contributed by atoms with Crippen molar-refractivity contribution in [3.05, 3.63) is 83.7 Å². The largest absolute Gasteiger partial charge is 0.453 e. The molecule has 3 saturated heterocycles. The number of imidazole rings is 2. The van der Waals surface area contributed by atoms with E-state index in [1.807, 2.05) is 78.4 Å². The van der Waals surface area contributed by atoms with Crippen LogP contribution in [0.4, 0.5) is 4.79 Å². The number of hydrogen-bond acceptors (Lipinski definition) is 9. The van der Waals surface area contributed by atoms with Crippen molar-refractivity contribution in [1.82, 2.24) is 40.4 Å². The van der Waals surface area contributed by atoms with Crippen LogP contribution < -0.4 is 10.6 Å². The van der Waals surface area contributed by atoms with Crippen LogP contribution in [0.1, 0.15) is 87.2 Å². The number of aromatic nitrogens is 4. The highest BCUT2D eigenvalue weighted by molar-refractivity contribution is 5.86. The van der Waals surface area contributed by atoms with Crippen molar-refractivity contribution in [3.8, 4) is 34.4 Å². The molecule has 306 valence electrons. The van der Waals surface area contributed by atoms with E-state index in [-0.39, 0.29) is 41.8 Å². The molecule has 4 atom stereocenters.